The quantitative estimate of drug-likeness (QED) is 0.598. The zero-order valence-corrected chi connectivity index (χ0v) is 13.9. The standard InChI is InChI=1S/C18H14N4O2S/c23-18(21-22-11-19-15-6-2-3-7-16(15)22)14-5-1-4-8-17(14)24-9-13-10-25-12-20-13/h1-8,10-12H,9H2,(H,21,23). The van der Waals surface area contributed by atoms with E-state index in [0.717, 1.165) is 16.7 Å². The molecule has 2 heterocycles. The monoisotopic (exact) mass is 350 g/mol. The van der Waals surface area contributed by atoms with Crippen molar-refractivity contribution in [3.8, 4) is 5.75 Å². The van der Waals surface area contributed by atoms with Crippen LogP contribution < -0.4 is 10.2 Å². The van der Waals surface area contributed by atoms with Crippen LogP contribution in [0.3, 0.4) is 0 Å². The molecule has 0 aliphatic carbocycles. The molecule has 6 nitrogen and oxygen atoms in total. The van der Waals surface area contributed by atoms with E-state index in [-0.39, 0.29) is 5.91 Å². The maximum absolute atomic E-state index is 12.7. The summed E-state index contributed by atoms with van der Waals surface area (Å²) in [6, 6.07) is 14.7. The lowest BCUT2D eigenvalue weighted by Gasteiger charge is -2.11. The van der Waals surface area contributed by atoms with Gasteiger partial charge in [0.25, 0.3) is 5.91 Å². The molecule has 0 bridgehead atoms. The number of fused-ring (bicyclic) bond motifs is 1. The van der Waals surface area contributed by atoms with Gasteiger partial charge in [-0.1, -0.05) is 24.3 Å². The highest BCUT2D eigenvalue weighted by Crippen LogP contribution is 2.20. The Hall–Kier alpha value is -3.19. The van der Waals surface area contributed by atoms with Gasteiger partial charge in [-0.2, -0.15) is 0 Å². The molecule has 2 aromatic carbocycles. The molecule has 0 atom stereocenters. The minimum Gasteiger partial charge on any atom is -0.486 e. The number of nitrogens with zero attached hydrogens (tertiary/aromatic N) is 3. The molecule has 124 valence electrons. The van der Waals surface area contributed by atoms with E-state index < -0.39 is 0 Å². The van der Waals surface area contributed by atoms with Crippen LogP contribution in [-0.4, -0.2) is 20.6 Å². The molecule has 0 unspecified atom stereocenters. The fourth-order valence-corrected chi connectivity index (χ4v) is 3.00. The lowest BCUT2D eigenvalue weighted by atomic mass is 10.2. The summed E-state index contributed by atoms with van der Waals surface area (Å²) in [5.74, 6) is 0.245. The molecule has 0 saturated carbocycles. The van der Waals surface area contributed by atoms with Crippen molar-refractivity contribution in [3.63, 3.8) is 0 Å². The molecular formula is C18H14N4O2S. The average molecular weight is 350 g/mol. The van der Waals surface area contributed by atoms with Gasteiger partial charge in [-0.05, 0) is 24.3 Å². The number of imidazole rings is 1. The number of hydrogen-bond acceptors (Lipinski definition) is 5. The maximum atomic E-state index is 12.7. The third kappa shape index (κ3) is 3.22. The van der Waals surface area contributed by atoms with E-state index in [0.29, 0.717) is 17.9 Å². The number of carbonyl (C=O) groups excluding carboxylic acids is 1. The topological polar surface area (TPSA) is 69.0 Å². The Labute approximate surface area is 147 Å². The summed E-state index contributed by atoms with van der Waals surface area (Å²) in [7, 11) is 0. The van der Waals surface area contributed by atoms with Crippen molar-refractivity contribution in [1.29, 1.82) is 0 Å². The third-order valence-corrected chi connectivity index (χ3v) is 4.30. The van der Waals surface area contributed by atoms with E-state index in [1.165, 1.54) is 11.3 Å². The second-order valence-corrected chi connectivity index (χ2v) is 6.03. The minimum atomic E-state index is -0.267. The van der Waals surface area contributed by atoms with Crippen LogP contribution in [0.5, 0.6) is 5.75 Å². The molecule has 4 rings (SSSR count). The van der Waals surface area contributed by atoms with Crippen LogP contribution >= 0.6 is 11.3 Å². The summed E-state index contributed by atoms with van der Waals surface area (Å²) in [4.78, 5) is 21.1. The van der Waals surface area contributed by atoms with Gasteiger partial charge in [0.2, 0.25) is 0 Å². The van der Waals surface area contributed by atoms with Crippen LogP contribution in [0.15, 0.2) is 65.7 Å². The van der Waals surface area contributed by atoms with Crippen LogP contribution in [0.2, 0.25) is 0 Å². The third-order valence-electron chi connectivity index (χ3n) is 3.67. The van der Waals surface area contributed by atoms with E-state index in [2.05, 4.69) is 15.4 Å². The predicted octanol–water partition coefficient (Wildman–Crippen LogP) is 3.46. The lowest BCUT2D eigenvalue weighted by Crippen LogP contribution is -2.22. The highest BCUT2D eigenvalue weighted by atomic mass is 32.1. The van der Waals surface area contributed by atoms with Crippen LogP contribution in [0.4, 0.5) is 0 Å². The van der Waals surface area contributed by atoms with Crippen molar-refractivity contribution < 1.29 is 9.53 Å². The molecule has 1 N–H and O–H groups in total. The van der Waals surface area contributed by atoms with E-state index >= 15 is 0 Å². The van der Waals surface area contributed by atoms with Gasteiger partial charge in [0.15, 0.2) is 0 Å². The highest BCUT2D eigenvalue weighted by molar-refractivity contribution is 7.07. The van der Waals surface area contributed by atoms with Gasteiger partial charge in [0.05, 0.1) is 27.8 Å². The van der Waals surface area contributed by atoms with Gasteiger partial charge < -0.3 is 4.74 Å². The fourth-order valence-electron chi connectivity index (χ4n) is 2.46. The first-order valence-electron chi connectivity index (χ1n) is 7.63. The number of carbonyl (C=O) groups is 1. The summed E-state index contributed by atoms with van der Waals surface area (Å²) in [5.41, 5.74) is 7.52. The summed E-state index contributed by atoms with van der Waals surface area (Å²) >= 11 is 1.51. The number of ether oxygens (including phenoxy) is 1. The van der Waals surface area contributed by atoms with Gasteiger partial charge in [0, 0.05) is 5.38 Å². The zero-order chi connectivity index (χ0) is 17.1. The molecule has 0 radical (unpaired) electrons. The van der Waals surface area contributed by atoms with Crippen molar-refractivity contribution in [2.75, 3.05) is 5.43 Å². The number of aromatic nitrogens is 3. The van der Waals surface area contributed by atoms with Gasteiger partial charge in [-0.3, -0.25) is 10.2 Å². The first-order valence-corrected chi connectivity index (χ1v) is 8.58. The average Bonchev–Trinajstić information content (AvgIpc) is 3.30. The SMILES string of the molecule is O=C(Nn1cnc2ccccc21)c1ccccc1OCc1cscn1. The van der Waals surface area contributed by atoms with Crippen molar-refractivity contribution in [1.82, 2.24) is 14.6 Å². The Kier molecular flexibility index (Phi) is 4.14. The van der Waals surface area contributed by atoms with E-state index in [4.69, 9.17) is 4.74 Å². The molecular weight excluding hydrogens is 336 g/mol. The molecule has 1 amide bonds. The number of amides is 1. The fraction of sp³-hybridized carbons (Fsp3) is 0.0556. The molecule has 25 heavy (non-hydrogen) atoms. The van der Waals surface area contributed by atoms with Crippen LogP contribution in [0.1, 0.15) is 16.1 Å². The summed E-state index contributed by atoms with van der Waals surface area (Å²) < 4.78 is 7.37. The normalized spacial score (nSPS) is 10.7. The van der Waals surface area contributed by atoms with Gasteiger partial charge in [-0.25, -0.2) is 14.6 Å². The number of benzene rings is 2. The molecule has 2 aromatic heterocycles. The molecule has 0 aliphatic rings. The van der Waals surface area contributed by atoms with Crippen LogP contribution in [-0.2, 0) is 6.61 Å². The Bertz CT molecular complexity index is 1010. The Balaban J connectivity index is 1.55. The zero-order valence-electron chi connectivity index (χ0n) is 13.1. The number of rotatable bonds is 5. The van der Waals surface area contributed by atoms with E-state index in [9.17, 15) is 4.79 Å². The van der Waals surface area contributed by atoms with Gasteiger partial charge >= 0.3 is 0 Å². The summed E-state index contributed by atoms with van der Waals surface area (Å²) in [6.45, 7) is 0.321. The van der Waals surface area contributed by atoms with Crippen molar-refractivity contribution in [2.45, 2.75) is 6.61 Å². The first kappa shape index (κ1) is 15.3. The van der Waals surface area contributed by atoms with Crippen molar-refractivity contribution in [3.05, 3.63) is 77.0 Å². The molecule has 4 aromatic rings. The van der Waals surface area contributed by atoms with Crippen LogP contribution in [0.25, 0.3) is 11.0 Å². The Morgan fingerprint density at radius 3 is 2.84 bits per heavy atom. The summed E-state index contributed by atoms with van der Waals surface area (Å²) in [5, 5.41) is 1.92. The molecule has 7 heteroatoms. The number of thiazole rings is 1. The molecule has 0 saturated heterocycles. The highest BCUT2D eigenvalue weighted by Gasteiger charge is 2.14. The van der Waals surface area contributed by atoms with Crippen molar-refractivity contribution in [2.24, 2.45) is 0 Å². The van der Waals surface area contributed by atoms with Crippen molar-refractivity contribution >= 4 is 28.3 Å². The Morgan fingerprint density at radius 1 is 1.12 bits per heavy atom. The predicted molar refractivity (Wildman–Crippen MR) is 96.3 cm³/mol. The molecule has 0 aliphatic heterocycles. The molecule has 0 fully saturated rings. The van der Waals surface area contributed by atoms with Gasteiger partial charge in [0.1, 0.15) is 18.7 Å². The molecule has 0 spiro atoms. The van der Waals surface area contributed by atoms with Gasteiger partial charge in [-0.15, -0.1) is 11.3 Å². The smallest absolute Gasteiger partial charge is 0.273 e. The first-order chi connectivity index (χ1) is 12.3. The number of nitrogens with one attached hydrogen (secondary N) is 1. The Morgan fingerprint density at radius 2 is 1.96 bits per heavy atom. The lowest BCUT2D eigenvalue weighted by molar-refractivity contribution is 0.100. The van der Waals surface area contributed by atoms with Crippen LogP contribution in [0, 0.1) is 0 Å². The number of hydrogen-bond donors (Lipinski definition) is 1. The second-order valence-electron chi connectivity index (χ2n) is 5.31. The maximum Gasteiger partial charge on any atom is 0.273 e. The van der Waals surface area contributed by atoms with E-state index in [1.54, 1.807) is 34.7 Å². The summed E-state index contributed by atoms with van der Waals surface area (Å²) in [6.07, 6.45) is 1.58. The number of para-hydroxylation sites is 3. The second kappa shape index (κ2) is 6.74. The largest absolute Gasteiger partial charge is 0.486 e. The van der Waals surface area contributed by atoms with E-state index in [1.807, 2.05) is 35.7 Å². The minimum absolute atomic E-state index is 0.267.